The summed E-state index contributed by atoms with van der Waals surface area (Å²) in [6, 6.07) is 8.16. The van der Waals surface area contributed by atoms with Crippen LogP contribution in [0.2, 0.25) is 0 Å². The monoisotopic (exact) mass is 457 g/mol. The molecule has 1 unspecified atom stereocenters. The lowest BCUT2D eigenvalue weighted by molar-refractivity contribution is 0.0953. The van der Waals surface area contributed by atoms with Crippen molar-refractivity contribution >= 4 is 28.4 Å². The first kappa shape index (κ1) is 21.8. The number of halogens is 2. The molecule has 0 bridgehead atoms. The zero-order valence-corrected chi connectivity index (χ0v) is 18.3. The Morgan fingerprint density at radius 3 is 2.69 bits per heavy atom. The van der Waals surface area contributed by atoms with Gasteiger partial charge in [-0.3, -0.25) is 14.7 Å². The van der Waals surface area contributed by atoms with Gasteiger partial charge in [0.2, 0.25) is 0 Å². The number of amides is 3. The second-order valence-corrected chi connectivity index (χ2v) is 8.54. The molecule has 0 saturated carbocycles. The lowest BCUT2D eigenvalue weighted by Gasteiger charge is -2.20. The van der Waals surface area contributed by atoms with Crippen LogP contribution in [0.5, 0.6) is 0 Å². The lowest BCUT2D eigenvalue weighted by atomic mass is 10.2. The number of rotatable bonds is 6. The average molecular weight is 458 g/mol. The molecule has 1 aromatic carbocycles. The SMILES string of the molecule is Cc1nc(N2CC(C)N(Cc3cc(F)cc(F)c3)C2=O)sc1C(=O)NCc1ccccn1. The van der Waals surface area contributed by atoms with Crippen molar-refractivity contribution < 1.29 is 18.4 Å². The highest BCUT2D eigenvalue weighted by Gasteiger charge is 2.37. The van der Waals surface area contributed by atoms with Crippen LogP contribution in [0.4, 0.5) is 18.7 Å². The zero-order valence-electron chi connectivity index (χ0n) is 17.5. The van der Waals surface area contributed by atoms with Gasteiger partial charge in [0.05, 0.1) is 24.5 Å². The van der Waals surface area contributed by atoms with E-state index in [-0.39, 0.29) is 31.1 Å². The van der Waals surface area contributed by atoms with Crippen LogP contribution >= 0.6 is 11.3 Å². The van der Waals surface area contributed by atoms with Gasteiger partial charge in [-0.05, 0) is 43.7 Å². The molecule has 10 heteroatoms. The quantitative estimate of drug-likeness (QED) is 0.609. The number of pyridine rings is 1. The second-order valence-electron chi connectivity index (χ2n) is 7.56. The molecule has 3 amide bonds. The number of carbonyl (C=O) groups is 2. The van der Waals surface area contributed by atoms with Gasteiger partial charge in [-0.25, -0.2) is 18.6 Å². The maximum Gasteiger partial charge on any atom is 0.326 e. The molecular weight excluding hydrogens is 436 g/mol. The minimum Gasteiger partial charge on any atom is -0.346 e. The van der Waals surface area contributed by atoms with Gasteiger partial charge in [-0.1, -0.05) is 17.4 Å². The highest BCUT2D eigenvalue weighted by atomic mass is 32.1. The topological polar surface area (TPSA) is 78.4 Å². The Bertz CT molecular complexity index is 1130. The van der Waals surface area contributed by atoms with Gasteiger partial charge in [-0.15, -0.1) is 0 Å². The molecule has 2 aromatic heterocycles. The fraction of sp³-hybridized carbons (Fsp3) is 0.273. The van der Waals surface area contributed by atoms with Gasteiger partial charge in [0.15, 0.2) is 5.13 Å². The second kappa shape index (κ2) is 8.99. The van der Waals surface area contributed by atoms with E-state index in [0.717, 1.165) is 23.1 Å². The van der Waals surface area contributed by atoms with Crippen LogP contribution in [0.3, 0.4) is 0 Å². The maximum atomic E-state index is 13.5. The Kier molecular flexibility index (Phi) is 6.13. The van der Waals surface area contributed by atoms with Crippen LogP contribution in [0.25, 0.3) is 0 Å². The maximum absolute atomic E-state index is 13.5. The third-order valence-corrected chi connectivity index (χ3v) is 6.29. The molecule has 7 nitrogen and oxygen atoms in total. The van der Waals surface area contributed by atoms with Gasteiger partial charge >= 0.3 is 6.03 Å². The summed E-state index contributed by atoms with van der Waals surface area (Å²) in [7, 11) is 0. The minimum atomic E-state index is -0.687. The van der Waals surface area contributed by atoms with Crippen molar-refractivity contribution in [1.29, 1.82) is 0 Å². The van der Waals surface area contributed by atoms with Crippen molar-refractivity contribution in [2.24, 2.45) is 0 Å². The number of aromatic nitrogens is 2. The highest BCUT2D eigenvalue weighted by molar-refractivity contribution is 7.17. The van der Waals surface area contributed by atoms with E-state index in [2.05, 4.69) is 15.3 Å². The number of nitrogens with one attached hydrogen (secondary N) is 1. The minimum absolute atomic E-state index is 0.0763. The predicted molar refractivity (Wildman–Crippen MR) is 116 cm³/mol. The molecule has 1 fully saturated rings. The van der Waals surface area contributed by atoms with Crippen molar-refractivity contribution in [3.63, 3.8) is 0 Å². The van der Waals surface area contributed by atoms with Crippen molar-refractivity contribution in [2.75, 3.05) is 11.4 Å². The zero-order chi connectivity index (χ0) is 22.8. The molecule has 4 rings (SSSR count). The Hall–Kier alpha value is -3.40. The first-order chi connectivity index (χ1) is 15.3. The average Bonchev–Trinajstić information content (AvgIpc) is 3.27. The van der Waals surface area contributed by atoms with Gasteiger partial charge < -0.3 is 10.2 Å². The molecule has 1 aliphatic heterocycles. The van der Waals surface area contributed by atoms with E-state index >= 15 is 0 Å². The number of nitrogens with zero attached hydrogens (tertiary/aromatic N) is 4. The smallest absolute Gasteiger partial charge is 0.326 e. The van der Waals surface area contributed by atoms with Crippen LogP contribution in [-0.4, -0.2) is 39.4 Å². The Balaban J connectivity index is 1.47. The first-order valence-corrected chi connectivity index (χ1v) is 10.8. The molecule has 0 aliphatic carbocycles. The van der Waals surface area contributed by atoms with Crippen LogP contribution in [-0.2, 0) is 13.1 Å². The molecule has 32 heavy (non-hydrogen) atoms. The molecule has 1 atom stereocenters. The van der Waals surface area contributed by atoms with Gasteiger partial charge in [0.25, 0.3) is 5.91 Å². The molecular formula is C22H21F2N5O2S. The molecule has 1 aliphatic rings. The number of carbonyl (C=O) groups excluding carboxylic acids is 2. The van der Waals surface area contributed by atoms with Gasteiger partial charge in [0, 0.05) is 24.8 Å². The summed E-state index contributed by atoms with van der Waals surface area (Å²) in [6.45, 7) is 4.29. The first-order valence-electron chi connectivity index (χ1n) is 10.0. The number of urea groups is 1. The summed E-state index contributed by atoms with van der Waals surface area (Å²) in [4.78, 5) is 37.7. The van der Waals surface area contributed by atoms with Gasteiger partial charge in [0.1, 0.15) is 16.5 Å². The van der Waals surface area contributed by atoms with E-state index < -0.39 is 11.6 Å². The number of aryl methyl sites for hydroxylation is 1. The molecule has 166 valence electrons. The standard InChI is InChI=1S/C22H21F2N5O2S/c1-13-11-29(22(31)28(13)12-15-7-16(23)9-17(24)8-15)21-27-14(2)19(32-21)20(30)26-10-18-5-3-4-6-25-18/h3-9,13H,10-12H2,1-2H3,(H,26,30). The Morgan fingerprint density at radius 2 is 2.00 bits per heavy atom. The van der Waals surface area contributed by atoms with E-state index in [1.54, 1.807) is 19.2 Å². The largest absolute Gasteiger partial charge is 0.346 e. The predicted octanol–water partition coefficient (Wildman–Crippen LogP) is 3.89. The Morgan fingerprint density at radius 1 is 1.25 bits per heavy atom. The summed E-state index contributed by atoms with van der Waals surface area (Å²) < 4.78 is 27.1. The van der Waals surface area contributed by atoms with Crippen LogP contribution in [0.1, 0.15) is 33.5 Å². The summed E-state index contributed by atoms with van der Waals surface area (Å²) in [5.74, 6) is -1.66. The van der Waals surface area contributed by atoms with Crippen LogP contribution in [0.15, 0.2) is 42.6 Å². The lowest BCUT2D eigenvalue weighted by Crippen LogP contribution is -2.33. The normalized spacial score (nSPS) is 16.0. The summed E-state index contributed by atoms with van der Waals surface area (Å²) >= 11 is 1.13. The fourth-order valence-corrected chi connectivity index (χ4v) is 4.52. The number of hydrogen-bond donors (Lipinski definition) is 1. The third kappa shape index (κ3) is 4.59. The third-order valence-electron chi connectivity index (χ3n) is 5.11. The fourth-order valence-electron chi connectivity index (χ4n) is 3.53. The summed E-state index contributed by atoms with van der Waals surface area (Å²) in [6.07, 6.45) is 1.65. The molecule has 0 radical (unpaired) electrons. The number of hydrogen-bond acceptors (Lipinski definition) is 5. The van der Waals surface area contributed by atoms with E-state index in [4.69, 9.17) is 0 Å². The van der Waals surface area contributed by atoms with Crippen molar-refractivity contribution in [1.82, 2.24) is 20.2 Å². The van der Waals surface area contributed by atoms with E-state index in [9.17, 15) is 18.4 Å². The van der Waals surface area contributed by atoms with E-state index in [1.165, 1.54) is 21.9 Å². The molecule has 0 spiro atoms. The number of benzene rings is 1. The summed E-state index contributed by atoms with van der Waals surface area (Å²) in [5, 5.41) is 3.23. The molecule has 3 aromatic rings. The van der Waals surface area contributed by atoms with Gasteiger partial charge in [-0.2, -0.15) is 0 Å². The molecule has 3 heterocycles. The number of thiazole rings is 1. The van der Waals surface area contributed by atoms with Crippen LogP contribution < -0.4 is 10.2 Å². The Labute approximate surface area is 187 Å². The van der Waals surface area contributed by atoms with Crippen LogP contribution in [0, 0.1) is 18.6 Å². The summed E-state index contributed by atoms with van der Waals surface area (Å²) in [5.41, 5.74) is 1.63. The highest BCUT2D eigenvalue weighted by Crippen LogP contribution is 2.31. The van der Waals surface area contributed by atoms with E-state index in [0.29, 0.717) is 27.8 Å². The van der Waals surface area contributed by atoms with Crippen molar-refractivity contribution in [3.8, 4) is 0 Å². The van der Waals surface area contributed by atoms with Crippen molar-refractivity contribution in [2.45, 2.75) is 33.0 Å². The van der Waals surface area contributed by atoms with Crippen molar-refractivity contribution in [3.05, 3.63) is 76.1 Å². The number of anilines is 1. The molecule has 1 N–H and O–H groups in total. The molecule has 1 saturated heterocycles. The van der Waals surface area contributed by atoms with E-state index in [1.807, 2.05) is 19.1 Å².